The van der Waals surface area contributed by atoms with Gasteiger partial charge in [-0.05, 0) is 62.6 Å². The van der Waals surface area contributed by atoms with Gasteiger partial charge < -0.3 is 20.4 Å². The van der Waals surface area contributed by atoms with E-state index in [1.165, 1.54) is 0 Å². The van der Waals surface area contributed by atoms with E-state index in [0.29, 0.717) is 70.3 Å². The Kier molecular flexibility index (Phi) is 10.8. The molecule has 252 valence electrons. The van der Waals surface area contributed by atoms with Crippen LogP contribution in [0.4, 0.5) is 0 Å². The molecule has 0 saturated carbocycles. The number of para-hydroxylation sites is 1. The van der Waals surface area contributed by atoms with Crippen molar-refractivity contribution in [2.45, 2.75) is 63.8 Å². The summed E-state index contributed by atoms with van der Waals surface area (Å²) in [6, 6.07) is 17.8. The molecule has 1 aliphatic heterocycles. The molecule has 1 atom stereocenters. The fraction of sp³-hybridized carbons (Fsp3) is 0.444. The Morgan fingerprint density at radius 3 is 2.65 bits per heavy atom. The number of fused-ring (bicyclic) bond motifs is 2. The van der Waals surface area contributed by atoms with Crippen LogP contribution in [0.15, 0.2) is 54.6 Å². The average Bonchev–Trinajstić information content (AvgIpc) is 3.65. The van der Waals surface area contributed by atoms with Gasteiger partial charge in [0.25, 0.3) is 5.91 Å². The third-order valence-electron chi connectivity index (χ3n) is 9.19. The van der Waals surface area contributed by atoms with E-state index < -0.39 is 0 Å². The molecule has 3 heterocycles. The number of nitrogens with zero attached hydrogens (tertiary/aromatic N) is 5. The molecular weight excluding hydrogens is 627 g/mol. The molecule has 2 aromatic heterocycles. The van der Waals surface area contributed by atoms with Crippen molar-refractivity contribution in [3.8, 4) is 0 Å². The van der Waals surface area contributed by atoms with Crippen LogP contribution in [0.3, 0.4) is 0 Å². The minimum Gasteiger partial charge on any atom is -0.351 e. The minimum atomic E-state index is -0.284. The first-order valence-electron chi connectivity index (χ1n) is 16.9. The van der Waals surface area contributed by atoms with E-state index in [2.05, 4.69) is 21.8 Å². The van der Waals surface area contributed by atoms with Crippen LogP contribution < -0.4 is 10.6 Å². The zero-order chi connectivity index (χ0) is 33.5. The van der Waals surface area contributed by atoms with E-state index in [9.17, 15) is 19.2 Å². The predicted octanol–water partition coefficient (Wildman–Crippen LogP) is 3.45. The zero-order valence-electron chi connectivity index (χ0n) is 27.5. The first kappa shape index (κ1) is 33.3. The maximum atomic E-state index is 13.5. The molecule has 0 saturated heterocycles. The van der Waals surface area contributed by atoms with E-state index in [-0.39, 0.29) is 49.2 Å². The van der Waals surface area contributed by atoms with Crippen molar-refractivity contribution < 1.29 is 19.2 Å². The molecule has 12 heteroatoms. The summed E-state index contributed by atoms with van der Waals surface area (Å²) in [5, 5.41) is 11.6. The van der Waals surface area contributed by atoms with E-state index in [1.807, 2.05) is 55.6 Å². The summed E-state index contributed by atoms with van der Waals surface area (Å²) >= 11 is 1.65. The van der Waals surface area contributed by atoms with Crippen LogP contribution in [0.5, 0.6) is 0 Å². The van der Waals surface area contributed by atoms with Crippen molar-refractivity contribution in [2.75, 3.05) is 32.7 Å². The second kappa shape index (κ2) is 15.5. The first-order chi connectivity index (χ1) is 23.3. The first-order valence-corrected chi connectivity index (χ1v) is 17.7. The summed E-state index contributed by atoms with van der Waals surface area (Å²) in [4.78, 5) is 61.8. The number of nitrogens with one attached hydrogen (secondary N) is 2. The number of aromatic nitrogens is 3. The summed E-state index contributed by atoms with van der Waals surface area (Å²) in [6.45, 7) is 1.36. The predicted molar refractivity (Wildman–Crippen MR) is 185 cm³/mol. The SMILES string of the molecule is Cn1nc2c3c1CCC(C3)NC(=O)CN(CCc1ccccc1)C(=O)CCCN(C(=O)CCCc1nc3ccccc3s1)CCNC2=O. The van der Waals surface area contributed by atoms with Gasteiger partial charge in [0.1, 0.15) is 0 Å². The molecule has 2 aromatic carbocycles. The highest BCUT2D eigenvalue weighted by molar-refractivity contribution is 7.18. The van der Waals surface area contributed by atoms with Gasteiger partial charge >= 0.3 is 0 Å². The Balaban J connectivity index is 1.15. The third-order valence-corrected chi connectivity index (χ3v) is 10.3. The van der Waals surface area contributed by atoms with E-state index in [0.717, 1.165) is 38.5 Å². The van der Waals surface area contributed by atoms with Gasteiger partial charge in [0.2, 0.25) is 17.7 Å². The Labute approximate surface area is 284 Å². The van der Waals surface area contributed by atoms with E-state index in [1.54, 1.807) is 25.8 Å². The number of carbonyl (C=O) groups excluding carboxylic acids is 4. The molecule has 2 N–H and O–H groups in total. The van der Waals surface area contributed by atoms with Crippen molar-refractivity contribution >= 4 is 45.2 Å². The van der Waals surface area contributed by atoms with Gasteiger partial charge in [-0.15, -0.1) is 11.3 Å². The zero-order valence-corrected chi connectivity index (χ0v) is 28.3. The number of hydrogen-bond acceptors (Lipinski definition) is 7. The van der Waals surface area contributed by atoms with Gasteiger partial charge in [-0.3, -0.25) is 23.9 Å². The topological polar surface area (TPSA) is 130 Å². The van der Waals surface area contributed by atoms with Crippen molar-refractivity contribution in [3.05, 3.63) is 82.1 Å². The Hall–Kier alpha value is -4.58. The molecule has 0 spiro atoms. The molecule has 0 fully saturated rings. The van der Waals surface area contributed by atoms with Crippen LogP contribution in [0.2, 0.25) is 0 Å². The van der Waals surface area contributed by atoms with Gasteiger partial charge in [-0.1, -0.05) is 42.5 Å². The number of aryl methyl sites for hydroxylation is 2. The molecule has 6 rings (SSSR count). The fourth-order valence-electron chi connectivity index (χ4n) is 6.65. The molecule has 4 amide bonds. The molecule has 48 heavy (non-hydrogen) atoms. The molecular formula is C36H43N7O4S. The highest BCUT2D eigenvalue weighted by atomic mass is 32.1. The normalized spacial score (nSPS) is 18.0. The summed E-state index contributed by atoms with van der Waals surface area (Å²) in [5.74, 6) is -0.626. The number of rotatable bonds is 7. The average molecular weight is 670 g/mol. The largest absolute Gasteiger partial charge is 0.351 e. The van der Waals surface area contributed by atoms with Crippen molar-refractivity contribution in [3.63, 3.8) is 0 Å². The standard InChI is InChI=1S/C36H43N7O4S/c1-41-29-17-16-26-23-27(29)35(40-41)36(47)37-19-22-42(33(45)14-7-13-32-39-28-11-5-6-12-30(28)48-32)20-8-15-34(46)43(24-31(44)38-26)21-18-25-9-3-2-4-10-25/h2-6,9-12,26H,7-8,13-24H2,1H3,(H,37,47)(H,38,44). The number of hydrogen-bond donors (Lipinski definition) is 2. The minimum absolute atomic E-state index is 0.0194. The van der Waals surface area contributed by atoms with Gasteiger partial charge in [0.05, 0.1) is 21.8 Å². The van der Waals surface area contributed by atoms with Crippen molar-refractivity contribution in [1.82, 2.24) is 35.2 Å². The number of thiazole rings is 1. The maximum Gasteiger partial charge on any atom is 0.272 e. The van der Waals surface area contributed by atoms with Crippen molar-refractivity contribution in [1.29, 1.82) is 0 Å². The maximum absolute atomic E-state index is 13.5. The van der Waals surface area contributed by atoms with Gasteiger partial charge in [-0.25, -0.2) is 4.98 Å². The van der Waals surface area contributed by atoms with Crippen LogP contribution in [-0.4, -0.2) is 87.0 Å². The third kappa shape index (κ3) is 8.28. The van der Waals surface area contributed by atoms with E-state index in [4.69, 9.17) is 4.98 Å². The lowest BCUT2D eigenvalue weighted by Gasteiger charge is -2.27. The summed E-state index contributed by atoms with van der Waals surface area (Å²) in [7, 11) is 1.84. The second-order valence-corrected chi connectivity index (χ2v) is 13.7. The highest BCUT2D eigenvalue weighted by Crippen LogP contribution is 2.25. The quantitative estimate of drug-likeness (QED) is 0.310. The van der Waals surface area contributed by atoms with E-state index >= 15 is 0 Å². The summed E-state index contributed by atoms with van der Waals surface area (Å²) in [6.07, 6.45) is 4.93. The summed E-state index contributed by atoms with van der Waals surface area (Å²) in [5.41, 5.74) is 4.27. The Bertz CT molecular complexity index is 1740. The van der Waals surface area contributed by atoms with Crippen LogP contribution in [-0.2, 0) is 47.1 Å². The lowest BCUT2D eigenvalue weighted by Crippen LogP contribution is -2.46. The van der Waals surface area contributed by atoms with Crippen LogP contribution >= 0.6 is 11.3 Å². The fourth-order valence-corrected chi connectivity index (χ4v) is 7.66. The second-order valence-electron chi connectivity index (χ2n) is 12.6. The molecule has 4 aromatic rings. The van der Waals surface area contributed by atoms with Gasteiger partial charge in [0, 0.05) is 63.4 Å². The van der Waals surface area contributed by atoms with Crippen LogP contribution in [0.1, 0.15) is 64.4 Å². The lowest BCUT2D eigenvalue weighted by molar-refractivity contribution is -0.137. The monoisotopic (exact) mass is 669 g/mol. The molecule has 11 nitrogen and oxygen atoms in total. The van der Waals surface area contributed by atoms with Gasteiger partial charge in [0.15, 0.2) is 5.69 Å². The lowest BCUT2D eigenvalue weighted by atomic mass is 9.91. The van der Waals surface area contributed by atoms with Gasteiger partial charge in [-0.2, -0.15) is 5.10 Å². The number of carbonyl (C=O) groups is 4. The Morgan fingerprint density at radius 1 is 1.00 bits per heavy atom. The molecule has 2 bridgehead atoms. The summed E-state index contributed by atoms with van der Waals surface area (Å²) < 4.78 is 2.89. The van der Waals surface area contributed by atoms with Crippen molar-refractivity contribution in [2.24, 2.45) is 7.05 Å². The number of benzene rings is 2. The van der Waals surface area contributed by atoms with Crippen LogP contribution in [0, 0.1) is 0 Å². The molecule has 2 aliphatic rings. The highest BCUT2D eigenvalue weighted by Gasteiger charge is 2.30. The molecule has 0 radical (unpaired) electrons. The molecule has 1 aliphatic carbocycles. The number of amides is 4. The Morgan fingerprint density at radius 2 is 1.81 bits per heavy atom. The molecule has 1 unspecified atom stereocenters. The smallest absolute Gasteiger partial charge is 0.272 e. The van der Waals surface area contributed by atoms with Crippen LogP contribution in [0.25, 0.3) is 10.2 Å².